The van der Waals surface area contributed by atoms with Gasteiger partial charge in [0.15, 0.2) is 11.5 Å². The van der Waals surface area contributed by atoms with Gasteiger partial charge in [-0.05, 0) is 74.4 Å². The van der Waals surface area contributed by atoms with Crippen molar-refractivity contribution < 1.29 is 28.6 Å². The molecule has 0 spiro atoms. The zero-order valence-corrected chi connectivity index (χ0v) is 22.8. The molecule has 0 bridgehead atoms. The minimum absolute atomic E-state index is 0.219. The number of fused-ring (bicyclic) bond motifs is 1. The number of rotatable bonds is 10. The summed E-state index contributed by atoms with van der Waals surface area (Å²) in [6.07, 6.45) is 4.96. The van der Waals surface area contributed by atoms with E-state index in [2.05, 4.69) is 15.8 Å². The van der Waals surface area contributed by atoms with Gasteiger partial charge >= 0.3 is 17.8 Å². The Kier molecular flexibility index (Phi) is 9.69. The molecule has 39 heavy (non-hydrogen) atoms. The zero-order valence-electron chi connectivity index (χ0n) is 22.0. The van der Waals surface area contributed by atoms with Crippen LogP contribution in [-0.2, 0) is 33.8 Å². The summed E-state index contributed by atoms with van der Waals surface area (Å²) in [5.74, 6) is -1.25. The summed E-state index contributed by atoms with van der Waals surface area (Å²) in [5, 5.41) is 6.81. The molecule has 204 valence electrons. The molecular weight excluding hydrogens is 518 g/mol. The molecule has 0 saturated carbocycles. The van der Waals surface area contributed by atoms with Gasteiger partial charge in [-0.25, -0.2) is 10.2 Å². The molecule has 0 aliphatic heterocycles. The maximum absolute atomic E-state index is 12.6. The number of esters is 1. The number of anilines is 1. The molecule has 2 aromatic carbocycles. The van der Waals surface area contributed by atoms with Crippen LogP contribution in [-0.4, -0.2) is 37.2 Å². The predicted molar refractivity (Wildman–Crippen MR) is 150 cm³/mol. The predicted octanol–water partition coefficient (Wildman–Crippen LogP) is 4.87. The summed E-state index contributed by atoms with van der Waals surface area (Å²) in [4.78, 5) is 38.7. The first-order valence-electron chi connectivity index (χ1n) is 12.9. The number of hydrogen-bond acceptors (Lipinski definition) is 8. The van der Waals surface area contributed by atoms with Gasteiger partial charge in [0.2, 0.25) is 0 Å². The van der Waals surface area contributed by atoms with Gasteiger partial charge in [-0.3, -0.25) is 9.59 Å². The minimum atomic E-state index is -0.958. The molecule has 0 atom stereocenters. The number of amides is 2. The SMILES string of the molecule is CCOC(=O)c1c(NC(=O)C(=O)NN=Cc2ccc(OCc3ccccc3)c(OCC)c2)sc2c1CCCC2. The third-order valence-electron chi connectivity index (χ3n) is 5.97. The Hall–Kier alpha value is -4.18. The van der Waals surface area contributed by atoms with Crippen LogP contribution < -0.4 is 20.2 Å². The van der Waals surface area contributed by atoms with Gasteiger partial charge in [0.1, 0.15) is 11.6 Å². The van der Waals surface area contributed by atoms with Crippen molar-refractivity contribution in [3.05, 3.63) is 75.7 Å². The summed E-state index contributed by atoms with van der Waals surface area (Å²) in [6, 6.07) is 15.1. The van der Waals surface area contributed by atoms with Crippen molar-refractivity contribution in [2.45, 2.75) is 46.1 Å². The Morgan fingerprint density at radius 2 is 1.74 bits per heavy atom. The molecule has 0 fully saturated rings. The molecule has 0 radical (unpaired) electrons. The van der Waals surface area contributed by atoms with Gasteiger partial charge in [-0.1, -0.05) is 30.3 Å². The number of carbonyl (C=O) groups excluding carboxylic acids is 3. The molecule has 0 saturated heterocycles. The van der Waals surface area contributed by atoms with Crippen LogP contribution in [0.3, 0.4) is 0 Å². The number of nitrogens with one attached hydrogen (secondary N) is 2. The number of hydrazone groups is 1. The summed E-state index contributed by atoms with van der Waals surface area (Å²) in [5.41, 5.74) is 5.16. The van der Waals surface area contributed by atoms with E-state index in [9.17, 15) is 14.4 Å². The van der Waals surface area contributed by atoms with E-state index in [1.165, 1.54) is 17.6 Å². The molecule has 1 aliphatic rings. The van der Waals surface area contributed by atoms with E-state index in [-0.39, 0.29) is 6.61 Å². The second kappa shape index (κ2) is 13.6. The van der Waals surface area contributed by atoms with Crippen LogP contribution in [0.4, 0.5) is 5.00 Å². The first-order valence-corrected chi connectivity index (χ1v) is 13.7. The standard InChI is InChI=1S/C29H31N3O6S/c1-3-36-23-16-20(14-15-22(23)38-18-19-10-6-5-7-11-19)17-30-32-27(34)26(33)31-28-25(29(35)37-4-2)21-12-8-9-13-24(21)39-28/h5-7,10-11,14-17H,3-4,8-9,12-13,18H2,1-2H3,(H,31,33)(H,32,34). The van der Waals surface area contributed by atoms with E-state index in [4.69, 9.17) is 14.2 Å². The van der Waals surface area contributed by atoms with E-state index in [0.29, 0.717) is 40.8 Å². The number of nitrogens with zero attached hydrogens (tertiary/aromatic N) is 1. The second-order valence-electron chi connectivity index (χ2n) is 8.70. The van der Waals surface area contributed by atoms with Crippen molar-refractivity contribution in [2.24, 2.45) is 5.10 Å². The average molecular weight is 550 g/mol. The third kappa shape index (κ3) is 7.23. The van der Waals surface area contributed by atoms with Crippen LogP contribution in [0.25, 0.3) is 0 Å². The summed E-state index contributed by atoms with van der Waals surface area (Å²) in [6.45, 7) is 4.65. The van der Waals surface area contributed by atoms with Gasteiger partial charge in [0.25, 0.3) is 0 Å². The topological polar surface area (TPSA) is 115 Å². The molecule has 1 heterocycles. The lowest BCUT2D eigenvalue weighted by atomic mass is 9.95. The first kappa shape index (κ1) is 27.8. The quantitative estimate of drug-likeness (QED) is 0.161. The van der Waals surface area contributed by atoms with E-state index in [1.807, 2.05) is 37.3 Å². The fourth-order valence-corrected chi connectivity index (χ4v) is 5.45. The number of benzene rings is 2. The number of aryl methyl sites for hydroxylation is 1. The van der Waals surface area contributed by atoms with E-state index >= 15 is 0 Å². The van der Waals surface area contributed by atoms with Gasteiger partial charge < -0.3 is 19.5 Å². The van der Waals surface area contributed by atoms with Gasteiger partial charge in [0.05, 0.1) is 25.0 Å². The number of carbonyl (C=O) groups is 3. The largest absolute Gasteiger partial charge is 0.490 e. The zero-order chi connectivity index (χ0) is 27.6. The molecule has 4 rings (SSSR count). The smallest absolute Gasteiger partial charge is 0.341 e. The fraction of sp³-hybridized carbons (Fsp3) is 0.310. The van der Waals surface area contributed by atoms with Gasteiger partial charge in [-0.2, -0.15) is 5.10 Å². The Balaban J connectivity index is 1.39. The summed E-state index contributed by atoms with van der Waals surface area (Å²) in [7, 11) is 0. The highest BCUT2D eigenvalue weighted by Crippen LogP contribution is 2.38. The highest BCUT2D eigenvalue weighted by Gasteiger charge is 2.28. The Morgan fingerprint density at radius 3 is 2.51 bits per heavy atom. The lowest BCUT2D eigenvalue weighted by Crippen LogP contribution is -2.32. The van der Waals surface area contributed by atoms with Gasteiger partial charge in [-0.15, -0.1) is 11.3 Å². The van der Waals surface area contributed by atoms with Crippen LogP contribution in [0.15, 0.2) is 53.6 Å². The minimum Gasteiger partial charge on any atom is -0.490 e. The van der Waals surface area contributed by atoms with Crippen molar-refractivity contribution in [1.82, 2.24) is 5.43 Å². The molecule has 1 aromatic heterocycles. The second-order valence-corrected chi connectivity index (χ2v) is 9.81. The number of thiophene rings is 1. The van der Waals surface area contributed by atoms with Crippen LogP contribution in [0.1, 0.15) is 58.6 Å². The number of hydrogen-bond donors (Lipinski definition) is 2. The van der Waals surface area contributed by atoms with Crippen molar-refractivity contribution in [3.63, 3.8) is 0 Å². The average Bonchev–Trinajstić information content (AvgIpc) is 3.31. The van der Waals surface area contributed by atoms with Crippen LogP contribution in [0, 0.1) is 0 Å². The lowest BCUT2D eigenvalue weighted by molar-refractivity contribution is -0.136. The van der Waals surface area contributed by atoms with Crippen LogP contribution in [0.2, 0.25) is 0 Å². The molecule has 3 aromatic rings. The monoisotopic (exact) mass is 549 g/mol. The molecule has 2 N–H and O–H groups in total. The molecule has 10 heteroatoms. The molecular formula is C29H31N3O6S. The van der Waals surface area contributed by atoms with Crippen LogP contribution in [0.5, 0.6) is 11.5 Å². The third-order valence-corrected chi connectivity index (χ3v) is 7.18. The van der Waals surface area contributed by atoms with E-state index < -0.39 is 17.8 Å². The molecule has 9 nitrogen and oxygen atoms in total. The molecule has 2 amide bonds. The van der Waals surface area contributed by atoms with Crippen molar-refractivity contribution in [1.29, 1.82) is 0 Å². The number of ether oxygens (including phenoxy) is 3. The van der Waals surface area contributed by atoms with Crippen molar-refractivity contribution in [3.8, 4) is 11.5 Å². The van der Waals surface area contributed by atoms with Gasteiger partial charge in [0, 0.05) is 4.88 Å². The molecule has 0 unspecified atom stereocenters. The van der Waals surface area contributed by atoms with E-state index in [1.54, 1.807) is 25.1 Å². The lowest BCUT2D eigenvalue weighted by Gasteiger charge is -2.12. The maximum atomic E-state index is 12.6. The normalized spacial score (nSPS) is 12.5. The molecule has 1 aliphatic carbocycles. The highest BCUT2D eigenvalue weighted by molar-refractivity contribution is 7.17. The Morgan fingerprint density at radius 1 is 0.949 bits per heavy atom. The first-order chi connectivity index (χ1) is 19.0. The van der Waals surface area contributed by atoms with E-state index in [0.717, 1.165) is 41.7 Å². The summed E-state index contributed by atoms with van der Waals surface area (Å²) >= 11 is 1.32. The summed E-state index contributed by atoms with van der Waals surface area (Å²) < 4.78 is 16.8. The fourth-order valence-electron chi connectivity index (χ4n) is 4.18. The highest BCUT2D eigenvalue weighted by atomic mass is 32.1. The van der Waals surface area contributed by atoms with Crippen molar-refractivity contribution >= 4 is 40.3 Å². The van der Waals surface area contributed by atoms with Crippen molar-refractivity contribution in [2.75, 3.05) is 18.5 Å². The Labute approximate surface area is 231 Å². The maximum Gasteiger partial charge on any atom is 0.341 e. The Bertz CT molecular complexity index is 1350. The van der Waals surface area contributed by atoms with Crippen LogP contribution >= 0.6 is 11.3 Å².